The molecule has 0 atom stereocenters. The molecule has 0 saturated carbocycles. The third-order valence-corrected chi connectivity index (χ3v) is 3.05. The molecule has 0 amide bonds. The molecule has 0 bridgehead atoms. The van der Waals surface area contributed by atoms with Crippen LogP contribution in [0.5, 0.6) is 0 Å². The number of para-hydroxylation sites is 1. The normalized spacial score (nSPS) is 11.1. The summed E-state index contributed by atoms with van der Waals surface area (Å²) < 4.78 is 22.8. The Morgan fingerprint density at radius 3 is 2.60 bits per heavy atom. The molecule has 0 heterocycles. The Labute approximate surface area is 94.7 Å². The Morgan fingerprint density at radius 2 is 2.07 bits per heavy atom. The van der Waals surface area contributed by atoms with Gasteiger partial charge in [-0.15, -0.1) is 0 Å². The maximum Gasteiger partial charge on any atom is 0.177 e. The molecule has 1 aromatic carbocycles. The second-order valence-corrected chi connectivity index (χ2v) is 5.66. The molecule has 0 saturated heterocycles. The van der Waals surface area contributed by atoms with Gasteiger partial charge in [-0.1, -0.05) is 30.3 Å². The molecule has 0 aliphatic heterocycles. The smallest absolute Gasteiger partial charge is 0.177 e. The summed E-state index contributed by atoms with van der Waals surface area (Å²) in [5.74, 6) is 0. The topological polar surface area (TPSA) is 46.2 Å². The van der Waals surface area contributed by atoms with Crippen molar-refractivity contribution in [3.63, 3.8) is 0 Å². The van der Waals surface area contributed by atoms with Crippen LogP contribution in [0.1, 0.15) is 0 Å². The zero-order valence-corrected chi connectivity index (χ0v) is 9.90. The maximum absolute atomic E-state index is 11.4. The van der Waals surface area contributed by atoms with Gasteiger partial charge in [0, 0.05) is 11.3 Å². The molecule has 1 aromatic rings. The Morgan fingerprint density at radius 1 is 1.47 bits per heavy atom. The lowest BCUT2D eigenvalue weighted by Gasteiger charge is -2.09. The predicted octanol–water partition coefficient (Wildman–Crippen LogP) is 2.25. The fraction of sp³-hybridized carbons (Fsp3) is 0.200. The number of hydrogen-bond donors (Lipinski definition) is 1. The molecule has 82 valence electrons. The van der Waals surface area contributed by atoms with Crippen LogP contribution in [0.3, 0.4) is 0 Å². The summed E-state index contributed by atoms with van der Waals surface area (Å²) in [4.78, 5) is 0.267. The number of nitrogens with one attached hydrogen (secondary N) is 1. The lowest BCUT2D eigenvalue weighted by atomic mass is 10.3. The van der Waals surface area contributed by atoms with E-state index in [0.717, 1.165) is 0 Å². The molecule has 0 radical (unpaired) electrons. The zero-order chi connectivity index (χ0) is 11.5. The lowest BCUT2D eigenvalue weighted by molar-refractivity contribution is 0.602. The van der Waals surface area contributed by atoms with E-state index in [9.17, 15) is 8.42 Å². The monoisotopic (exact) mass is 245 g/mol. The highest BCUT2D eigenvalue weighted by molar-refractivity contribution is 7.90. The highest BCUT2D eigenvalue weighted by atomic mass is 35.5. The van der Waals surface area contributed by atoms with Crippen molar-refractivity contribution in [3.8, 4) is 0 Å². The van der Waals surface area contributed by atoms with E-state index in [-0.39, 0.29) is 4.90 Å². The standard InChI is InChI=1S/C10H12ClNO2S/c1-8(11)7-12-9-5-3-4-6-10(9)15(2,13)14/h3-6,12H,1,7H2,2H3. The van der Waals surface area contributed by atoms with E-state index in [0.29, 0.717) is 17.3 Å². The van der Waals surface area contributed by atoms with Crippen LogP contribution in [0.25, 0.3) is 0 Å². The van der Waals surface area contributed by atoms with Crippen molar-refractivity contribution in [1.29, 1.82) is 0 Å². The Balaban J connectivity index is 3.02. The molecule has 1 rings (SSSR count). The first-order valence-electron chi connectivity index (χ1n) is 4.27. The number of hydrogen-bond acceptors (Lipinski definition) is 3. The van der Waals surface area contributed by atoms with Gasteiger partial charge in [-0.2, -0.15) is 0 Å². The molecular weight excluding hydrogens is 234 g/mol. The largest absolute Gasteiger partial charge is 0.379 e. The van der Waals surface area contributed by atoms with Gasteiger partial charge in [-0.3, -0.25) is 0 Å². The van der Waals surface area contributed by atoms with Gasteiger partial charge in [0.25, 0.3) is 0 Å². The van der Waals surface area contributed by atoms with Crippen LogP contribution in [-0.2, 0) is 9.84 Å². The fourth-order valence-corrected chi connectivity index (χ4v) is 2.06. The summed E-state index contributed by atoms with van der Waals surface area (Å²) in [6.07, 6.45) is 1.17. The molecule has 0 unspecified atom stereocenters. The average molecular weight is 246 g/mol. The Kier molecular flexibility index (Phi) is 3.77. The van der Waals surface area contributed by atoms with Gasteiger partial charge in [0.05, 0.1) is 17.1 Å². The van der Waals surface area contributed by atoms with E-state index in [1.165, 1.54) is 6.26 Å². The van der Waals surface area contributed by atoms with E-state index < -0.39 is 9.84 Å². The summed E-state index contributed by atoms with van der Waals surface area (Å²) in [6.45, 7) is 3.86. The quantitative estimate of drug-likeness (QED) is 0.885. The van der Waals surface area contributed by atoms with Gasteiger partial charge in [-0.05, 0) is 12.1 Å². The lowest BCUT2D eigenvalue weighted by Crippen LogP contribution is -2.07. The highest BCUT2D eigenvalue weighted by Crippen LogP contribution is 2.20. The number of rotatable bonds is 4. The summed E-state index contributed by atoms with van der Waals surface area (Å²) in [6, 6.07) is 6.68. The molecule has 0 aliphatic rings. The number of anilines is 1. The zero-order valence-electron chi connectivity index (χ0n) is 8.33. The van der Waals surface area contributed by atoms with Crippen LogP contribution in [-0.4, -0.2) is 21.2 Å². The summed E-state index contributed by atoms with van der Waals surface area (Å²) >= 11 is 5.59. The average Bonchev–Trinajstić information content (AvgIpc) is 2.13. The Bertz CT molecular complexity index is 468. The molecular formula is C10H12ClNO2S. The van der Waals surface area contributed by atoms with E-state index in [2.05, 4.69) is 11.9 Å². The first-order valence-corrected chi connectivity index (χ1v) is 6.54. The minimum absolute atomic E-state index is 0.267. The predicted molar refractivity (Wildman–Crippen MR) is 63.0 cm³/mol. The van der Waals surface area contributed by atoms with Crippen molar-refractivity contribution >= 4 is 27.1 Å². The minimum Gasteiger partial charge on any atom is -0.379 e. The van der Waals surface area contributed by atoms with Gasteiger partial charge in [0.2, 0.25) is 0 Å². The van der Waals surface area contributed by atoms with E-state index in [1.54, 1.807) is 24.3 Å². The van der Waals surface area contributed by atoms with Crippen molar-refractivity contribution in [2.24, 2.45) is 0 Å². The second-order valence-electron chi connectivity index (χ2n) is 3.14. The SMILES string of the molecule is C=C(Cl)CNc1ccccc1S(C)(=O)=O. The first kappa shape index (κ1) is 12.1. The van der Waals surface area contributed by atoms with Crippen LogP contribution < -0.4 is 5.32 Å². The fourth-order valence-electron chi connectivity index (χ4n) is 1.13. The number of halogens is 1. The van der Waals surface area contributed by atoms with Crippen LogP contribution in [0, 0.1) is 0 Å². The van der Waals surface area contributed by atoms with Crippen molar-refractivity contribution < 1.29 is 8.42 Å². The van der Waals surface area contributed by atoms with Crippen molar-refractivity contribution in [2.75, 3.05) is 18.1 Å². The number of sulfone groups is 1. The summed E-state index contributed by atoms with van der Waals surface area (Å²) in [5.41, 5.74) is 0.543. The molecule has 3 nitrogen and oxygen atoms in total. The van der Waals surface area contributed by atoms with Gasteiger partial charge in [-0.25, -0.2) is 8.42 Å². The van der Waals surface area contributed by atoms with E-state index in [4.69, 9.17) is 11.6 Å². The van der Waals surface area contributed by atoms with Crippen LogP contribution in [0.2, 0.25) is 0 Å². The maximum atomic E-state index is 11.4. The van der Waals surface area contributed by atoms with Gasteiger partial charge in [0.1, 0.15) is 0 Å². The van der Waals surface area contributed by atoms with Crippen LogP contribution in [0.15, 0.2) is 40.8 Å². The van der Waals surface area contributed by atoms with Crippen LogP contribution >= 0.6 is 11.6 Å². The molecule has 15 heavy (non-hydrogen) atoms. The van der Waals surface area contributed by atoms with Crippen molar-refractivity contribution in [1.82, 2.24) is 0 Å². The minimum atomic E-state index is -3.22. The van der Waals surface area contributed by atoms with Gasteiger partial charge in [0.15, 0.2) is 9.84 Å². The van der Waals surface area contributed by atoms with Crippen LogP contribution in [0.4, 0.5) is 5.69 Å². The number of benzene rings is 1. The summed E-state index contributed by atoms with van der Waals surface area (Å²) in [5, 5.41) is 3.34. The molecule has 0 fully saturated rings. The molecule has 0 spiro atoms. The van der Waals surface area contributed by atoms with E-state index >= 15 is 0 Å². The highest BCUT2D eigenvalue weighted by Gasteiger charge is 2.11. The summed E-state index contributed by atoms with van der Waals surface area (Å²) in [7, 11) is -3.22. The molecule has 5 heteroatoms. The molecule has 0 aliphatic carbocycles. The van der Waals surface area contributed by atoms with Crippen molar-refractivity contribution in [3.05, 3.63) is 35.9 Å². The second kappa shape index (κ2) is 4.68. The third-order valence-electron chi connectivity index (χ3n) is 1.76. The van der Waals surface area contributed by atoms with Gasteiger partial charge < -0.3 is 5.32 Å². The molecule has 1 N–H and O–H groups in total. The first-order chi connectivity index (χ1) is 6.91. The van der Waals surface area contributed by atoms with Crippen molar-refractivity contribution in [2.45, 2.75) is 4.90 Å². The van der Waals surface area contributed by atoms with E-state index in [1.807, 2.05) is 0 Å². The third kappa shape index (κ3) is 3.57. The molecule has 0 aromatic heterocycles. The van der Waals surface area contributed by atoms with Gasteiger partial charge >= 0.3 is 0 Å². The Hall–Kier alpha value is -1.00.